The summed E-state index contributed by atoms with van der Waals surface area (Å²) in [5.41, 5.74) is 0. The highest BCUT2D eigenvalue weighted by Gasteiger charge is 2.17. The van der Waals surface area contributed by atoms with Crippen molar-refractivity contribution in [1.29, 1.82) is 0 Å². The van der Waals surface area contributed by atoms with E-state index in [9.17, 15) is 4.79 Å². The lowest BCUT2D eigenvalue weighted by atomic mass is 10.1. The molecule has 7 heteroatoms. The lowest BCUT2D eigenvalue weighted by Gasteiger charge is -2.23. The molecule has 1 atom stereocenters. The lowest BCUT2D eigenvalue weighted by Crippen LogP contribution is -2.34. The van der Waals surface area contributed by atoms with Crippen molar-refractivity contribution in [3.8, 4) is 0 Å². The Morgan fingerprint density at radius 3 is 2.85 bits per heavy atom. The molecule has 6 nitrogen and oxygen atoms in total. The highest BCUT2D eigenvalue weighted by atomic mass is 79.9. The Balaban J connectivity index is 2.80. The SMILES string of the molecule is CCCNc1ncc(Br)c(N(C)CC(C)C(=O)NC)n1. The number of hydrogen-bond acceptors (Lipinski definition) is 5. The van der Waals surface area contributed by atoms with Crippen molar-refractivity contribution in [1.82, 2.24) is 15.3 Å². The minimum Gasteiger partial charge on any atom is -0.359 e. The van der Waals surface area contributed by atoms with E-state index in [1.54, 1.807) is 13.2 Å². The average molecular weight is 344 g/mol. The van der Waals surface area contributed by atoms with Crippen molar-refractivity contribution in [3.63, 3.8) is 0 Å². The molecule has 0 radical (unpaired) electrons. The Bertz CT molecular complexity index is 454. The van der Waals surface area contributed by atoms with Crippen LogP contribution >= 0.6 is 15.9 Å². The Morgan fingerprint density at radius 2 is 2.25 bits per heavy atom. The standard InChI is InChI=1S/C13H22BrN5O/c1-5-6-16-13-17-7-10(14)11(18-13)19(4)8-9(2)12(20)15-3/h7,9H,5-6,8H2,1-4H3,(H,15,20)(H,16,17,18). The van der Waals surface area contributed by atoms with Crippen molar-refractivity contribution < 1.29 is 4.79 Å². The van der Waals surface area contributed by atoms with E-state index >= 15 is 0 Å². The molecule has 1 rings (SSSR count). The minimum absolute atomic E-state index is 0.0198. The van der Waals surface area contributed by atoms with Gasteiger partial charge in [0.1, 0.15) is 5.82 Å². The topological polar surface area (TPSA) is 70.2 Å². The van der Waals surface area contributed by atoms with Crippen LogP contribution in [0.25, 0.3) is 0 Å². The molecular weight excluding hydrogens is 322 g/mol. The first-order valence-electron chi connectivity index (χ1n) is 6.68. The van der Waals surface area contributed by atoms with Gasteiger partial charge in [-0.2, -0.15) is 4.98 Å². The zero-order valence-corrected chi connectivity index (χ0v) is 14.0. The molecule has 1 unspecified atom stereocenters. The van der Waals surface area contributed by atoms with Gasteiger partial charge in [-0.1, -0.05) is 13.8 Å². The molecule has 1 aromatic heterocycles. The summed E-state index contributed by atoms with van der Waals surface area (Å²) in [6.45, 7) is 5.40. The van der Waals surface area contributed by atoms with Gasteiger partial charge in [-0.25, -0.2) is 4.98 Å². The fraction of sp³-hybridized carbons (Fsp3) is 0.615. The van der Waals surface area contributed by atoms with Gasteiger partial charge in [-0.15, -0.1) is 0 Å². The number of hydrogen-bond donors (Lipinski definition) is 2. The zero-order valence-electron chi connectivity index (χ0n) is 12.4. The Kier molecular flexibility index (Phi) is 6.70. The molecule has 0 aliphatic carbocycles. The molecular formula is C13H22BrN5O. The van der Waals surface area contributed by atoms with Crippen LogP contribution in [0.1, 0.15) is 20.3 Å². The third-order valence-corrected chi connectivity index (χ3v) is 3.42. The van der Waals surface area contributed by atoms with E-state index in [0.717, 1.165) is 23.3 Å². The Hall–Kier alpha value is -1.37. The normalized spacial score (nSPS) is 11.8. The van der Waals surface area contributed by atoms with Crippen LogP contribution in [0.3, 0.4) is 0 Å². The second-order valence-electron chi connectivity index (χ2n) is 4.69. The third-order valence-electron chi connectivity index (χ3n) is 2.86. The van der Waals surface area contributed by atoms with E-state index in [2.05, 4.69) is 43.5 Å². The number of carbonyl (C=O) groups excluding carboxylic acids is 1. The van der Waals surface area contributed by atoms with Crippen LogP contribution in [0.2, 0.25) is 0 Å². The number of nitrogens with zero attached hydrogens (tertiary/aromatic N) is 3. The van der Waals surface area contributed by atoms with Gasteiger partial charge in [0.15, 0.2) is 0 Å². The quantitative estimate of drug-likeness (QED) is 0.790. The van der Waals surface area contributed by atoms with Crippen LogP contribution in [-0.4, -0.2) is 43.1 Å². The van der Waals surface area contributed by atoms with Gasteiger partial charge in [0, 0.05) is 33.4 Å². The van der Waals surface area contributed by atoms with E-state index in [4.69, 9.17) is 0 Å². The Morgan fingerprint density at radius 1 is 1.55 bits per heavy atom. The van der Waals surface area contributed by atoms with E-state index in [-0.39, 0.29) is 11.8 Å². The fourth-order valence-electron chi connectivity index (χ4n) is 1.77. The van der Waals surface area contributed by atoms with E-state index < -0.39 is 0 Å². The highest BCUT2D eigenvalue weighted by molar-refractivity contribution is 9.10. The average Bonchev–Trinajstić information content (AvgIpc) is 2.45. The smallest absolute Gasteiger partial charge is 0.224 e. The molecule has 0 saturated heterocycles. The lowest BCUT2D eigenvalue weighted by molar-refractivity contribution is -0.123. The molecule has 1 heterocycles. The summed E-state index contributed by atoms with van der Waals surface area (Å²) in [4.78, 5) is 22.2. The van der Waals surface area contributed by atoms with Gasteiger partial charge >= 0.3 is 0 Å². The fourth-order valence-corrected chi connectivity index (χ4v) is 2.27. The monoisotopic (exact) mass is 343 g/mol. The van der Waals surface area contributed by atoms with E-state index in [1.807, 2.05) is 18.9 Å². The number of anilines is 2. The van der Waals surface area contributed by atoms with Crippen LogP contribution in [0.5, 0.6) is 0 Å². The molecule has 0 aliphatic heterocycles. The first-order chi connectivity index (χ1) is 9.49. The van der Waals surface area contributed by atoms with Crippen molar-refractivity contribution in [2.45, 2.75) is 20.3 Å². The molecule has 0 spiro atoms. The molecule has 2 N–H and O–H groups in total. The maximum absolute atomic E-state index is 11.6. The van der Waals surface area contributed by atoms with Crippen molar-refractivity contribution in [3.05, 3.63) is 10.7 Å². The summed E-state index contributed by atoms with van der Waals surface area (Å²) in [5, 5.41) is 5.81. The first kappa shape index (κ1) is 16.7. The molecule has 0 aliphatic rings. The summed E-state index contributed by atoms with van der Waals surface area (Å²) >= 11 is 3.45. The van der Waals surface area contributed by atoms with Crippen LogP contribution in [0.15, 0.2) is 10.7 Å². The van der Waals surface area contributed by atoms with Crippen LogP contribution in [-0.2, 0) is 4.79 Å². The Labute approximate surface area is 128 Å². The maximum Gasteiger partial charge on any atom is 0.224 e. The highest BCUT2D eigenvalue weighted by Crippen LogP contribution is 2.24. The molecule has 0 saturated carbocycles. The summed E-state index contributed by atoms with van der Waals surface area (Å²) in [7, 11) is 3.56. The molecule has 112 valence electrons. The molecule has 1 amide bonds. The van der Waals surface area contributed by atoms with Crippen LogP contribution in [0.4, 0.5) is 11.8 Å². The van der Waals surface area contributed by atoms with Gasteiger partial charge in [0.05, 0.1) is 10.4 Å². The first-order valence-corrected chi connectivity index (χ1v) is 7.48. The van der Waals surface area contributed by atoms with E-state index in [1.165, 1.54) is 0 Å². The molecule has 0 bridgehead atoms. The number of rotatable bonds is 7. The number of amides is 1. The van der Waals surface area contributed by atoms with Gasteiger partial charge in [0.2, 0.25) is 11.9 Å². The minimum atomic E-state index is -0.112. The predicted octanol–water partition coefficient (Wildman–Crippen LogP) is 1.88. The molecule has 1 aromatic rings. The van der Waals surface area contributed by atoms with Crippen LogP contribution in [0, 0.1) is 5.92 Å². The van der Waals surface area contributed by atoms with Crippen molar-refractivity contribution in [2.24, 2.45) is 5.92 Å². The van der Waals surface area contributed by atoms with Gasteiger partial charge in [-0.3, -0.25) is 4.79 Å². The van der Waals surface area contributed by atoms with Gasteiger partial charge < -0.3 is 15.5 Å². The zero-order chi connectivity index (χ0) is 15.1. The summed E-state index contributed by atoms with van der Waals surface area (Å²) in [6.07, 6.45) is 2.74. The number of halogens is 1. The third kappa shape index (κ3) is 4.63. The summed E-state index contributed by atoms with van der Waals surface area (Å²) < 4.78 is 0.811. The van der Waals surface area contributed by atoms with Crippen molar-refractivity contribution in [2.75, 3.05) is 37.4 Å². The molecule has 0 fully saturated rings. The predicted molar refractivity (Wildman–Crippen MR) is 85.0 cm³/mol. The van der Waals surface area contributed by atoms with Crippen LogP contribution < -0.4 is 15.5 Å². The van der Waals surface area contributed by atoms with Gasteiger partial charge in [-0.05, 0) is 22.4 Å². The number of carbonyl (C=O) groups is 1. The van der Waals surface area contributed by atoms with E-state index in [0.29, 0.717) is 12.5 Å². The second kappa shape index (κ2) is 8.04. The second-order valence-corrected chi connectivity index (χ2v) is 5.54. The maximum atomic E-state index is 11.6. The molecule has 0 aromatic carbocycles. The molecule has 20 heavy (non-hydrogen) atoms. The summed E-state index contributed by atoms with van der Waals surface area (Å²) in [5.74, 6) is 1.28. The number of nitrogens with one attached hydrogen (secondary N) is 2. The van der Waals surface area contributed by atoms with Crippen molar-refractivity contribution >= 4 is 33.6 Å². The number of aromatic nitrogens is 2. The summed E-state index contributed by atoms with van der Waals surface area (Å²) in [6, 6.07) is 0. The largest absolute Gasteiger partial charge is 0.359 e. The van der Waals surface area contributed by atoms with Gasteiger partial charge in [0.25, 0.3) is 0 Å².